The quantitative estimate of drug-likeness (QED) is 0.343. The summed E-state index contributed by atoms with van der Waals surface area (Å²) >= 11 is 0. The van der Waals surface area contributed by atoms with Crippen molar-refractivity contribution in [2.45, 2.75) is 65.1 Å². The molecule has 30 heavy (non-hydrogen) atoms. The molecule has 0 unspecified atom stereocenters. The van der Waals surface area contributed by atoms with E-state index in [2.05, 4.69) is 63.9 Å². The van der Waals surface area contributed by atoms with Crippen molar-refractivity contribution in [2.75, 3.05) is 0 Å². The zero-order chi connectivity index (χ0) is 23.9. The van der Waals surface area contributed by atoms with Crippen LogP contribution in [0.15, 0.2) is 41.1 Å². The van der Waals surface area contributed by atoms with Crippen molar-refractivity contribution in [3.63, 3.8) is 0 Å². The van der Waals surface area contributed by atoms with Crippen LogP contribution >= 0.6 is 0 Å². The Balaban J connectivity index is 1.85. The molecule has 0 fully saturated rings. The van der Waals surface area contributed by atoms with Crippen LogP contribution in [0.25, 0.3) is 33.2 Å². The number of fused-ring (bicyclic) bond motifs is 5. The smallest absolute Gasteiger partial charge is 0.234 e. The largest absolute Gasteiger partial charge is 0.455 e. The van der Waals surface area contributed by atoms with Crippen molar-refractivity contribution >= 4 is 21.9 Å². The Hall–Kier alpha value is -2.68. The monoisotopic (exact) mass is 402 g/mol. The Morgan fingerprint density at radius 3 is 2.57 bits per heavy atom. The van der Waals surface area contributed by atoms with E-state index in [1.165, 1.54) is 16.5 Å². The zero-order valence-electron chi connectivity index (χ0n) is 21.7. The number of benzene rings is 2. The summed E-state index contributed by atoms with van der Waals surface area (Å²) in [5.74, 6) is 0. The molecule has 0 spiro atoms. The highest BCUT2D eigenvalue weighted by Crippen LogP contribution is 2.51. The first-order valence-electron chi connectivity index (χ1n) is 12.2. The second kappa shape index (κ2) is 6.16. The first kappa shape index (κ1) is 16.1. The molecular formula is C27H31N2O+. The van der Waals surface area contributed by atoms with Crippen molar-refractivity contribution in [3.05, 3.63) is 59.0 Å². The van der Waals surface area contributed by atoms with Crippen LogP contribution < -0.4 is 4.57 Å². The minimum absolute atomic E-state index is 0.0554. The summed E-state index contributed by atoms with van der Waals surface area (Å²) in [7, 11) is 1.86. The Bertz CT molecular complexity index is 1430. The van der Waals surface area contributed by atoms with Gasteiger partial charge in [-0.2, -0.15) is 4.57 Å². The second-order valence-electron chi connectivity index (χ2n) is 10.1. The number of furan rings is 1. The van der Waals surface area contributed by atoms with E-state index in [1.807, 2.05) is 11.6 Å². The lowest BCUT2D eigenvalue weighted by Gasteiger charge is -2.42. The third kappa shape index (κ3) is 2.64. The first-order chi connectivity index (χ1) is 15.3. The van der Waals surface area contributed by atoms with E-state index in [0.717, 1.165) is 46.2 Å². The number of rotatable bonds is 1. The fraction of sp³-hybridized carbons (Fsp3) is 0.407. The lowest BCUT2D eigenvalue weighted by Crippen LogP contribution is -2.33. The minimum Gasteiger partial charge on any atom is -0.455 e. The molecule has 3 heteroatoms. The summed E-state index contributed by atoms with van der Waals surface area (Å²) in [6.07, 6.45) is 5.54. The molecule has 1 aliphatic carbocycles. The zero-order valence-corrected chi connectivity index (χ0v) is 18.7. The van der Waals surface area contributed by atoms with E-state index >= 15 is 0 Å². The molecule has 0 radical (unpaired) electrons. The molecule has 0 N–H and O–H groups in total. The van der Waals surface area contributed by atoms with Crippen molar-refractivity contribution in [1.82, 2.24) is 4.98 Å². The van der Waals surface area contributed by atoms with Gasteiger partial charge in [0.15, 0.2) is 6.20 Å². The van der Waals surface area contributed by atoms with E-state index in [4.69, 9.17) is 8.53 Å². The molecule has 0 amide bonds. The lowest BCUT2D eigenvalue weighted by atomic mass is 9.62. The number of aryl methyl sites for hydroxylation is 3. The minimum atomic E-state index is -2.24. The molecule has 5 rings (SSSR count). The van der Waals surface area contributed by atoms with Gasteiger partial charge in [0, 0.05) is 14.9 Å². The fourth-order valence-corrected chi connectivity index (χ4v) is 5.25. The summed E-state index contributed by atoms with van der Waals surface area (Å²) in [6, 6.07) is 8.67. The van der Waals surface area contributed by atoms with Crippen molar-refractivity contribution in [2.24, 2.45) is 7.05 Å². The molecule has 2 aromatic carbocycles. The predicted molar refractivity (Wildman–Crippen MR) is 123 cm³/mol. The highest BCUT2D eigenvalue weighted by molar-refractivity contribution is 6.12. The van der Waals surface area contributed by atoms with E-state index in [1.54, 1.807) is 12.4 Å². The van der Waals surface area contributed by atoms with E-state index < -0.39 is 6.85 Å². The van der Waals surface area contributed by atoms with Crippen LogP contribution in [0.4, 0.5) is 0 Å². The van der Waals surface area contributed by atoms with Gasteiger partial charge in [-0.25, -0.2) is 4.98 Å². The average molecular weight is 403 g/mol. The summed E-state index contributed by atoms with van der Waals surface area (Å²) < 4.78 is 31.5. The average Bonchev–Trinajstić information content (AvgIpc) is 3.09. The molecule has 1 aliphatic rings. The normalized spacial score (nSPS) is 19.3. The first-order valence-corrected chi connectivity index (χ1v) is 10.7. The summed E-state index contributed by atoms with van der Waals surface area (Å²) in [5, 5.41) is 2.31. The molecule has 0 atom stereocenters. The summed E-state index contributed by atoms with van der Waals surface area (Å²) in [6.45, 7) is 9.17. The van der Waals surface area contributed by atoms with Gasteiger partial charge < -0.3 is 4.42 Å². The van der Waals surface area contributed by atoms with Gasteiger partial charge in [0.05, 0.1) is 11.8 Å². The van der Waals surface area contributed by atoms with Crippen LogP contribution in [-0.4, -0.2) is 4.98 Å². The van der Waals surface area contributed by atoms with Gasteiger partial charge in [-0.3, -0.25) is 0 Å². The maximum absolute atomic E-state index is 7.69. The lowest BCUT2D eigenvalue weighted by molar-refractivity contribution is -0.661. The van der Waals surface area contributed by atoms with Crippen LogP contribution in [0.1, 0.15) is 67.0 Å². The summed E-state index contributed by atoms with van der Waals surface area (Å²) in [4.78, 5) is 4.28. The topological polar surface area (TPSA) is 29.9 Å². The fourth-order valence-electron chi connectivity index (χ4n) is 5.25. The van der Waals surface area contributed by atoms with E-state index in [9.17, 15) is 0 Å². The molecule has 2 aromatic heterocycles. The van der Waals surface area contributed by atoms with Crippen LogP contribution in [-0.2, 0) is 17.9 Å². The number of hydrogen-bond donors (Lipinski definition) is 0. The van der Waals surface area contributed by atoms with Crippen LogP contribution in [0.2, 0.25) is 0 Å². The van der Waals surface area contributed by atoms with Gasteiger partial charge in [0.1, 0.15) is 23.9 Å². The van der Waals surface area contributed by atoms with Crippen LogP contribution in [0.3, 0.4) is 0 Å². The van der Waals surface area contributed by atoms with Gasteiger partial charge in [-0.1, -0.05) is 45.9 Å². The van der Waals surface area contributed by atoms with Gasteiger partial charge in [-0.05, 0) is 60.2 Å². The standard InChI is InChI=1S/C27H31N2O/c1-16-8-9-18-23-21(11-10-19-24(23)27(5,6)13-12-26(19,3)4)30-25(18)22(16)20-14-28-17(2)15-29(20)7/h8-11,14-15H,12-13H2,1-7H3/q+1/i2D3. The van der Waals surface area contributed by atoms with Crippen molar-refractivity contribution in [3.8, 4) is 11.3 Å². The molecule has 0 bridgehead atoms. The maximum Gasteiger partial charge on any atom is 0.234 e. The highest BCUT2D eigenvalue weighted by atomic mass is 16.3. The Morgan fingerprint density at radius 2 is 1.83 bits per heavy atom. The molecule has 2 heterocycles. The van der Waals surface area contributed by atoms with Gasteiger partial charge in [0.25, 0.3) is 0 Å². The molecule has 154 valence electrons. The van der Waals surface area contributed by atoms with Gasteiger partial charge >= 0.3 is 0 Å². The Kier molecular flexibility index (Phi) is 3.30. The van der Waals surface area contributed by atoms with Crippen LogP contribution in [0.5, 0.6) is 0 Å². The molecule has 4 aromatic rings. The van der Waals surface area contributed by atoms with Crippen LogP contribution in [0, 0.1) is 13.8 Å². The highest BCUT2D eigenvalue weighted by Gasteiger charge is 2.39. The summed E-state index contributed by atoms with van der Waals surface area (Å²) in [5.41, 5.74) is 7.65. The number of hydrogen-bond acceptors (Lipinski definition) is 2. The SMILES string of the molecule is [2H]C([2H])([2H])c1c[n+](C)c(-c2c(C)ccc3c2oc2ccc4c(c23)C(C)(C)CCC4(C)C)cn1. The third-order valence-electron chi connectivity index (χ3n) is 7.07. The Morgan fingerprint density at radius 1 is 1.07 bits per heavy atom. The molecule has 0 aliphatic heterocycles. The van der Waals surface area contributed by atoms with E-state index in [0.29, 0.717) is 0 Å². The predicted octanol–water partition coefficient (Wildman–Crippen LogP) is 6.44. The maximum atomic E-state index is 7.69. The second-order valence-corrected chi connectivity index (χ2v) is 10.1. The molecule has 0 saturated carbocycles. The van der Waals surface area contributed by atoms with E-state index in [-0.39, 0.29) is 16.5 Å². The Labute approximate surface area is 183 Å². The number of nitrogens with zero attached hydrogens (tertiary/aromatic N) is 2. The third-order valence-corrected chi connectivity index (χ3v) is 7.07. The molecular weight excluding hydrogens is 368 g/mol. The van der Waals surface area contributed by atoms with Gasteiger partial charge in [-0.15, -0.1) is 0 Å². The van der Waals surface area contributed by atoms with Crippen molar-refractivity contribution < 1.29 is 13.1 Å². The molecule has 0 saturated heterocycles. The molecule has 3 nitrogen and oxygen atoms in total. The number of aromatic nitrogens is 2. The van der Waals surface area contributed by atoms with Gasteiger partial charge in [0.2, 0.25) is 5.69 Å². The van der Waals surface area contributed by atoms with Crippen molar-refractivity contribution in [1.29, 1.82) is 0 Å².